The molecule has 0 amide bonds. The smallest absolute Gasteiger partial charge is 0.188 e. The molecule has 0 aliphatic heterocycles. The Labute approximate surface area is 103 Å². The summed E-state index contributed by atoms with van der Waals surface area (Å²) in [5.41, 5.74) is 1.97. The summed E-state index contributed by atoms with van der Waals surface area (Å²) in [7, 11) is 0. The van der Waals surface area contributed by atoms with Crippen LogP contribution < -0.4 is 4.73 Å². The zero-order valence-electron chi connectivity index (χ0n) is 8.51. The third-order valence-corrected chi connectivity index (χ3v) is 2.89. The third-order valence-electron chi connectivity index (χ3n) is 2.16. The number of hydrogen-bond donors (Lipinski definition) is 0. The average molecular weight is 276 g/mol. The minimum absolute atomic E-state index is 0.787. The van der Waals surface area contributed by atoms with Crippen molar-refractivity contribution in [1.82, 2.24) is 0 Å². The van der Waals surface area contributed by atoms with Crippen molar-refractivity contribution in [3.8, 4) is 0 Å². The van der Waals surface area contributed by atoms with E-state index in [9.17, 15) is 5.21 Å². The fraction of sp³-hybridized carbons (Fsp3) is 0. The number of aromatic nitrogens is 1. The quantitative estimate of drug-likeness (QED) is 0.611. The predicted molar refractivity (Wildman–Crippen MR) is 68.5 cm³/mol. The maximum Gasteiger partial charge on any atom is 0.188 e. The van der Waals surface area contributed by atoms with Crippen LogP contribution in [0.5, 0.6) is 0 Å². The van der Waals surface area contributed by atoms with E-state index in [1.165, 1.54) is 12.4 Å². The highest BCUT2D eigenvalue weighted by atomic mass is 79.9. The van der Waals surface area contributed by atoms with Gasteiger partial charge in [0.2, 0.25) is 0 Å². The van der Waals surface area contributed by atoms with E-state index in [2.05, 4.69) is 15.9 Å². The van der Waals surface area contributed by atoms with Crippen molar-refractivity contribution in [2.75, 3.05) is 0 Å². The van der Waals surface area contributed by atoms with Crippen molar-refractivity contribution < 1.29 is 4.73 Å². The van der Waals surface area contributed by atoms with E-state index in [4.69, 9.17) is 0 Å². The second-order valence-corrected chi connectivity index (χ2v) is 4.21. The van der Waals surface area contributed by atoms with Crippen LogP contribution in [-0.4, -0.2) is 0 Å². The summed E-state index contributed by atoms with van der Waals surface area (Å²) in [6, 6.07) is 11.7. The van der Waals surface area contributed by atoms with Gasteiger partial charge in [0.15, 0.2) is 12.4 Å². The first-order valence-electron chi connectivity index (χ1n) is 4.87. The fourth-order valence-corrected chi connectivity index (χ4v) is 1.70. The maximum absolute atomic E-state index is 11.1. The summed E-state index contributed by atoms with van der Waals surface area (Å²) in [6.07, 6.45) is 6.88. The van der Waals surface area contributed by atoms with Gasteiger partial charge in [0.1, 0.15) is 0 Å². The highest BCUT2D eigenvalue weighted by Gasteiger charge is 1.99. The first-order valence-corrected chi connectivity index (χ1v) is 5.66. The maximum atomic E-state index is 11.1. The molecule has 1 aromatic heterocycles. The Morgan fingerprint density at radius 1 is 1.06 bits per heavy atom. The Morgan fingerprint density at radius 3 is 2.56 bits per heavy atom. The molecule has 3 heteroatoms. The summed E-state index contributed by atoms with van der Waals surface area (Å²) in [5.74, 6) is 0. The van der Waals surface area contributed by atoms with E-state index in [1.807, 2.05) is 42.5 Å². The second kappa shape index (κ2) is 4.94. The lowest BCUT2D eigenvalue weighted by Gasteiger charge is -1.99. The van der Waals surface area contributed by atoms with E-state index in [-0.39, 0.29) is 0 Å². The molecule has 0 unspecified atom stereocenters. The monoisotopic (exact) mass is 275 g/mol. The molecule has 0 N–H and O–H groups in total. The molecule has 1 aromatic carbocycles. The molecule has 2 aromatic rings. The van der Waals surface area contributed by atoms with Crippen molar-refractivity contribution in [2.45, 2.75) is 0 Å². The van der Waals surface area contributed by atoms with Gasteiger partial charge in [0.05, 0.1) is 5.56 Å². The van der Waals surface area contributed by atoms with E-state index < -0.39 is 0 Å². The molecule has 0 atom stereocenters. The van der Waals surface area contributed by atoms with Crippen LogP contribution in [0.4, 0.5) is 0 Å². The van der Waals surface area contributed by atoms with Gasteiger partial charge in [-0.05, 0) is 27.6 Å². The van der Waals surface area contributed by atoms with Gasteiger partial charge in [0, 0.05) is 10.5 Å². The summed E-state index contributed by atoms with van der Waals surface area (Å²) >= 11 is 3.40. The number of hydrogen-bond acceptors (Lipinski definition) is 1. The Hall–Kier alpha value is -1.61. The lowest BCUT2D eigenvalue weighted by atomic mass is 10.2. The van der Waals surface area contributed by atoms with E-state index in [0.717, 1.165) is 20.3 Å². The standard InChI is InChI=1S/C13H10BrNO/c14-13-8-9-15(16)10-12(13)7-6-11-4-2-1-3-5-11/h1-10H/b7-6-. The van der Waals surface area contributed by atoms with Crippen molar-refractivity contribution in [2.24, 2.45) is 0 Å². The molecule has 0 saturated carbocycles. The van der Waals surface area contributed by atoms with Crippen LogP contribution in [-0.2, 0) is 0 Å². The minimum atomic E-state index is 0.787. The number of pyridine rings is 1. The highest BCUT2D eigenvalue weighted by Crippen LogP contribution is 2.16. The summed E-state index contributed by atoms with van der Waals surface area (Å²) in [4.78, 5) is 0. The van der Waals surface area contributed by atoms with Crippen LogP contribution in [0.2, 0.25) is 0 Å². The van der Waals surface area contributed by atoms with Gasteiger partial charge in [0.25, 0.3) is 0 Å². The van der Waals surface area contributed by atoms with Gasteiger partial charge in [-0.2, -0.15) is 4.73 Å². The van der Waals surface area contributed by atoms with Gasteiger partial charge < -0.3 is 5.21 Å². The SMILES string of the molecule is [O-][n+]1ccc(Br)c(/C=C\c2ccccc2)c1. The van der Waals surface area contributed by atoms with Crippen LogP contribution in [0, 0.1) is 5.21 Å². The van der Waals surface area contributed by atoms with E-state index in [1.54, 1.807) is 6.07 Å². The second-order valence-electron chi connectivity index (χ2n) is 3.35. The molecule has 0 bridgehead atoms. The van der Waals surface area contributed by atoms with Gasteiger partial charge in [-0.15, -0.1) is 0 Å². The van der Waals surface area contributed by atoms with Crippen LogP contribution in [0.25, 0.3) is 12.2 Å². The van der Waals surface area contributed by atoms with Crippen LogP contribution in [0.3, 0.4) is 0 Å². The van der Waals surface area contributed by atoms with Crippen LogP contribution in [0.15, 0.2) is 53.3 Å². The predicted octanol–water partition coefficient (Wildman–Crippen LogP) is 3.25. The van der Waals surface area contributed by atoms with E-state index >= 15 is 0 Å². The number of benzene rings is 1. The fourth-order valence-electron chi connectivity index (χ4n) is 1.35. The summed E-state index contributed by atoms with van der Waals surface area (Å²) < 4.78 is 1.70. The molecule has 0 saturated heterocycles. The van der Waals surface area contributed by atoms with Crippen molar-refractivity contribution in [3.05, 3.63) is 69.6 Å². The molecule has 80 valence electrons. The Bertz CT molecular complexity index is 509. The molecule has 16 heavy (non-hydrogen) atoms. The molecule has 0 fully saturated rings. The third kappa shape index (κ3) is 2.70. The Balaban J connectivity index is 2.27. The van der Waals surface area contributed by atoms with E-state index in [0.29, 0.717) is 0 Å². The normalized spacial score (nSPS) is 10.8. The minimum Gasteiger partial charge on any atom is -0.619 e. The van der Waals surface area contributed by atoms with Crippen molar-refractivity contribution >= 4 is 28.1 Å². The Morgan fingerprint density at radius 2 is 1.81 bits per heavy atom. The molecular formula is C13H10BrNO. The lowest BCUT2D eigenvalue weighted by Crippen LogP contribution is -2.24. The van der Waals surface area contributed by atoms with Gasteiger partial charge in [-0.25, -0.2) is 0 Å². The first kappa shape index (κ1) is 10.9. The Kier molecular flexibility index (Phi) is 3.37. The number of nitrogens with zero attached hydrogens (tertiary/aromatic N) is 1. The number of rotatable bonds is 2. The lowest BCUT2D eigenvalue weighted by molar-refractivity contribution is -0.605. The summed E-state index contributed by atoms with van der Waals surface area (Å²) in [6.45, 7) is 0. The van der Waals surface area contributed by atoms with Gasteiger partial charge in [-0.3, -0.25) is 0 Å². The van der Waals surface area contributed by atoms with Gasteiger partial charge >= 0.3 is 0 Å². The van der Waals surface area contributed by atoms with Crippen LogP contribution >= 0.6 is 15.9 Å². The van der Waals surface area contributed by atoms with Crippen molar-refractivity contribution in [3.63, 3.8) is 0 Å². The molecule has 1 heterocycles. The van der Waals surface area contributed by atoms with Crippen molar-refractivity contribution in [1.29, 1.82) is 0 Å². The largest absolute Gasteiger partial charge is 0.619 e. The first-order chi connectivity index (χ1) is 7.75. The molecule has 2 rings (SSSR count). The van der Waals surface area contributed by atoms with Crippen LogP contribution in [0.1, 0.15) is 11.1 Å². The topological polar surface area (TPSA) is 26.9 Å². The molecule has 0 radical (unpaired) electrons. The number of halogens is 1. The molecule has 2 nitrogen and oxygen atoms in total. The molecule has 0 aliphatic carbocycles. The molecule has 0 spiro atoms. The summed E-state index contributed by atoms with van der Waals surface area (Å²) in [5, 5.41) is 11.1. The molecular weight excluding hydrogens is 266 g/mol. The molecule has 0 aliphatic rings. The highest BCUT2D eigenvalue weighted by molar-refractivity contribution is 9.10. The zero-order valence-corrected chi connectivity index (χ0v) is 10.1. The van der Waals surface area contributed by atoms with Gasteiger partial charge in [-0.1, -0.05) is 36.4 Å². The average Bonchev–Trinajstić information content (AvgIpc) is 2.32. The zero-order chi connectivity index (χ0) is 11.4.